The zero-order valence-corrected chi connectivity index (χ0v) is 14.7. The normalized spacial score (nSPS) is 13.3. The summed E-state index contributed by atoms with van der Waals surface area (Å²) in [7, 11) is 0. The molecular formula is C18H24FNO5. The van der Waals surface area contributed by atoms with Gasteiger partial charge in [-0.1, -0.05) is 43.0 Å². The first-order valence-corrected chi connectivity index (χ1v) is 7.82. The van der Waals surface area contributed by atoms with E-state index in [-0.39, 0.29) is 6.61 Å². The Bertz CT molecular complexity index is 571. The molecule has 0 aliphatic heterocycles. The molecule has 25 heavy (non-hydrogen) atoms. The second-order valence-corrected chi connectivity index (χ2v) is 6.23. The number of hydrogen-bond donors (Lipinski definition) is 1. The van der Waals surface area contributed by atoms with Gasteiger partial charge in [-0.15, -0.1) is 0 Å². The molecule has 0 spiro atoms. The van der Waals surface area contributed by atoms with Gasteiger partial charge >= 0.3 is 12.2 Å². The fraction of sp³-hybridized carbons (Fsp3) is 0.444. The minimum atomic E-state index is -1.60. The standard InChI is InChI=1S/C18H24FNO5/c1-5-11-23-17(22)24-12-14(20-16(21)25-18(2,3)4)15(19)13-9-7-6-8-10-13/h5-10,14-15H,1,11-12H2,2-4H3,(H,20,21). The lowest BCUT2D eigenvalue weighted by molar-refractivity contribution is 0.0296. The van der Waals surface area contributed by atoms with Crippen LogP contribution in [-0.2, 0) is 14.2 Å². The van der Waals surface area contributed by atoms with Crippen LogP contribution in [0.1, 0.15) is 32.5 Å². The number of benzene rings is 1. The molecule has 0 aliphatic carbocycles. The second-order valence-electron chi connectivity index (χ2n) is 6.23. The summed E-state index contributed by atoms with van der Waals surface area (Å²) in [5.74, 6) is 0. The van der Waals surface area contributed by atoms with Crippen LogP contribution in [-0.4, -0.2) is 37.1 Å². The molecule has 138 valence electrons. The SMILES string of the molecule is C=CCOC(=O)OCC(NC(=O)OC(C)(C)C)C(F)c1ccccc1. The molecule has 1 aromatic rings. The van der Waals surface area contributed by atoms with E-state index in [0.717, 1.165) is 0 Å². The van der Waals surface area contributed by atoms with E-state index in [2.05, 4.69) is 16.6 Å². The maximum atomic E-state index is 14.8. The van der Waals surface area contributed by atoms with Crippen LogP contribution in [0, 0.1) is 0 Å². The highest BCUT2D eigenvalue weighted by Gasteiger charge is 2.28. The number of alkyl carbamates (subject to hydrolysis) is 1. The number of ether oxygens (including phenoxy) is 3. The van der Waals surface area contributed by atoms with Crippen LogP contribution < -0.4 is 5.32 Å². The van der Waals surface area contributed by atoms with Crippen molar-refractivity contribution in [1.29, 1.82) is 0 Å². The molecule has 0 aromatic heterocycles. The van der Waals surface area contributed by atoms with Gasteiger partial charge in [0.25, 0.3) is 0 Å². The van der Waals surface area contributed by atoms with Crippen molar-refractivity contribution in [2.75, 3.05) is 13.2 Å². The summed E-state index contributed by atoms with van der Waals surface area (Å²) in [5, 5.41) is 2.39. The van der Waals surface area contributed by atoms with Crippen molar-refractivity contribution < 1.29 is 28.2 Å². The Morgan fingerprint density at radius 1 is 1.24 bits per heavy atom. The first-order valence-electron chi connectivity index (χ1n) is 7.82. The molecule has 1 aromatic carbocycles. The highest BCUT2D eigenvalue weighted by Crippen LogP contribution is 2.22. The predicted molar refractivity (Wildman–Crippen MR) is 90.9 cm³/mol. The molecule has 0 aliphatic rings. The van der Waals surface area contributed by atoms with Gasteiger partial charge in [-0.25, -0.2) is 14.0 Å². The Labute approximate surface area is 147 Å². The number of rotatable bonds is 7. The molecule has 2 unspecified atom stereocenters. The molecule has 0 heterocycles. The van der Waals surface area contributed by atoms with Crippen molar-refractivity contribution in [2.45, 2.75) is 38.6 Å². The van der Waals surface area contributed by atoms with Crippen LogP contribution in [0.3, 0.4) is 0 Å². The lowest BCUT2D eigenvalue weighted by atomic mass is 10.0. The number of nitrogens with one attached hydrogen (secondary N) is 1. The van der Waals surface area contributed by atoms with Crippen molar-refractivity contribution in [1.82, 2.24) is 5.32 Å². The molecule has 0 saturated heterocycles. The van der Waals surface area contributed by atoms with E-state index >= 15 is 0 Å². The molecule has 1 amide bonds. The number of amides is 1. The van der Waals surface area contributed by atoms with E-state index in [1.807, 2.05) is 0 Å². The zero-order chi connectivity index (χ0) is 18.9. The maximum Gasteiger partial charge on any atom is 0.508 e. The van der Waals surface area contributed by atoms with E-state index in [4.69, 9.17) is 9.47 Å². The highest BCUT2D eigenvalue weighted by molar-refractivity contribution is 5.68. The summed E-state index contributed by atoms with van der Waals surface area (Å²) in [6.07, 6.45) is -2.00. The highest BCUT2D eigenvalue weighted by atomic mass is 19.1. The number of hydrogen-bond acceptors (Lipinski definition) is 5. The van der Waals surface area contributed by atoms with E-state index < -0.39 is 36.7 Å². The third kappa shape index (κ3) is 8.19. The number of carbonyl (C=O) groups excluding carboxylic acids is 2. The molecule has 6 nitrogen and oxygen atoms in total. The van der Waals surface area contributed by atoms with E-state index in [9.17, 15) is 14.0 Å². The third-order valence-electron chi connectivity index (χ3n) is 2.87. The number of alkyl halides is 1. The van der Waals surface area contributed by atoms with Crippen LogP contribution in [0.15, 0.2) is 43.0 Å². The topological polar surface area (TPSA) is 73.9 Å². The van der Waals surface area contributed by atoms with Crippen LogP contribution in [0.5, 0.6) is 0 Å². The Balaban J connectivity index is 2.77. The lowest BCUT2D eigenvalue weighted by Crippen LogP contribution is -2.44. The van der Waals surface area contributed by atoms with E-state index in [1.54, 1.807) is 51.1 Å². The van der Waals surface area contributed by atoms with Crippen molar-refractivity contribution in [3.63, 3.8) is 0 Å². The van der Waals surface area contributed by atoms with Crippen molar-refractivity contribution in [2.24, 2.45) is 0 Å². The van der Waals surface area contributed by atoms with Crippen LogP contribution in [0.2, 0.25) is 0 Å². The fourth-order valence-electron chi connectivity index (χ4n) is 1.85. The second kappa shape index (κ2) is 9.66. The van der Waals surface area contributed by atoms with Gasteiger partial charge in [-0.3, -0.25) is 0 Å². The summed E-state index contributed by atoms with van der Waals surface area (Å²) in [5.41, 5.74) is -0.400. The molecule has 0 radical (unpaired) electrons. The van der Waals surface area contributed by atoms with Crippen molar-refractivity contribution >= 4 is 12.2 Å². The predicted octanol–water partition coefficient (Wildman–Crippen LogP) is 3.93. The molecule has 2 atom stereocenters. The van der Waals surface area contributed by atoms with Crippen LogP contribution in [0.25, 0.3) is 0 Å². The van der Waals surface area contributed by atoms with Crippen molar-refractivity contribution in [3.05, 3.63) is 48.6 Å². The molecule has 1 rings (SSSR count). The Kier molecular flexibility index (Phi) is 7.91. The summed E-state index contributed by atoms with van der Waals surface area (Å²) in [4.78, 5) is 23.4. The third-order valence-corrected chi connectivity index (χ3v) is 2.87. The minimum absolute atomic E-state index is 0.0271. The molecule has 0 saturated carbocycles. The average Bonchev–Trinajstić information content (AvgIpc) is 2.55. The lowest BCUT2D eigenvalue weighted by Gasteiger charge is -2.25. The summed E-state index contributed by atoms with van der Waals surface area (Å²) in [6.45, 7) is 8.03. The molecule has 1 N–H and O–H groups in total. The van der Waals surface area contributed by atoms with E-state index in [0.29, 0.717) is 5.56 Å². The number of carbonyl (C=O) groups is 2. The Morgan fingerprint density at radius 2 is 1.88 bits per heavy atom. The quantitative estimate of drug-likeness (QED) is 0.594. The smallest absolute Gasteiger partial charge is 0.444 e. The van der Waals surface area contributed by atoms with Gasteiger partial charge in [-0.05, 0) is 26.3 Å². The minimum Gasteiger partial charge on any atom is -0.444 e. The Morgan fingerprint density at radius 3 is 2.44 bits per heavy atom. The summed E-state index contributed by atoms with van der Waals surface area (Å²) < 4.78 is 29.4. The van der Waals surface area contributed by atoms with Crippen LogP contribution >= 0.6 is 0 Å². The first kappa shape index (κ1) is 20.5. The van der Waals surface area contributed by atoms with Gasteiger partial charge in [0, 0.05) is 0 Å². The van der Waals surface area contributed by atoms with Crippen LogP contribution in [0.4, 0.5) is 14.0 Å². The van der Waals surface area contributed by atoms with Gasteiger partial charge in [0.1, 0.15) is 31.0 Å². The molecule has 0 fully saturated rings. The monoisotopic (exact) mass is 353 g/mol. The van der Waals surface area contributed by atoms with Gasteiger partial charge in [0.15, 0.2) is 0 Å². The number of halogens is 1. The van der Waals surface area contributed by atoms with Gasteiger partial charge in [0.2, 0.25) is 0 Å². The molecular weight excluding hydrogens is 329 g/mol. The summed E-state index contributed by atoms with van der Waals surface area (Å²) >= 11 is 0. The zero-order valence-electron chi connectivity index (χ0n) is 14.7. The molecule has 0 bridgehead atoms. The Hall–Kier alpha value is -2.57. The summed E-state index contributed by atoms with van der Waals surface area (Å²) in [6, 6.07) is 7.11. The van der Waals surface area contributed by atoms with Gasteiger partial charge in [0.05, 0.1) is 0 Å². The van der Waals surface area contributed by atoms with Gasteiger partial charge < -0.3 is 19.5 Å². The van der Waals surface area contributed by atoms with E-state index in [1.165, 1.54) is 6.08 Å². The maximum absolute atomic E-state index is 14.8. The molecule has 7 heteroatoms. The fourth-order valence-corrected chi connectivity index (χ4v) is 1.85. The average molecular weight is 353 g/mol. The van der Waals surface area contributed by atoms with Gasteiger partial charge in [-0.2, -0.15) is 0 Å². The van der Waals surface area contributed by atoms with Crippen molar-refractivity contribution in [3.8, 4) is 0 Å². The largest absolute Gasteiger partial charge is 0.508 e. The first-order chi connectivity index (χ1) is 11.7.